The Labute approximate surface area is 152 Å². The van der Waals surface area contributed by atoms with Crippen LogP contribution in [0.5, 0.6) is 5.75 Å². The van der Waals surface area contributed by atoms with Crippen LogP contribution in [-0.2, 0) is 4.79 Å². The van der Waals surface area contributed by atoms with Gasteiger partial charge < -0.3 is 10.5 Å². The molecule has 3 aromatic carbocycles. The van der Waals surface area contributed by atoms with Crippen LogP contribution in [0.3, 0.4) is 0 Å². The van der Waals surface area contributed by atoms with Crippen LogP contribution in [0.4, 0.5) is 0 Å². The highest BCUT2D eigenvalue weighted by Gasteiger charge is 2.23. The van der Waals surface area contributed by atoms with Gasteiger partial charge in [-0.3, -0.25) is 4.79 Å². The van der Waals surface area contributed by atoms with E-state index in [4.69, 9.17) is 10.5 Å². The summed E-state index contributed by atoms with van der Waals surface area (Å²) in [7, 11) is 0. The third-order valence-corrected chi connectivity index (χ3v) is 4.82. The number of carbonyl (C=O) groups is 1. The molecule has 1 heterocycles. The van der Waals surface area contributed by atoms with Crippen molar-refractivity contribution in [2.24, 2.45) is 5.73 Å². The highest BCUT2D eigenvalue weighted by Crippen LogP contribution is 2.38. The molecule has 3 aromatic rings. The van der Waals surface area contributed by atoms with E-state index < -0.39 is 5.91 Å². The molecule has 0 aliphatic carbocycles. The lowest BCUT2D eigenvalue weighted by atomic mass is 9.88. The number of amides is 1. The van der Waals surface area contributed by atoms with Gasteiger partial charge in [0.2, 0.25) is 5.91 Å². The van der Waals surface area contributed by atoms with Crippen LogP contribution in [0.2, 0.25) is 0 Å². The molecule has 0 fully saturated rings. The van der Waals surface area contributed by atoms with E-state index >= 15 is 0 Å². The molecule has 0 atom stereocenters. The fourth-order valence-corrected chi connectivity index (χ4v) is 3.68. The summed E-state index contributed by atoms with van der Waals surface area (Å²) >= 11 is 0. The van der Waals surface area contributed by atoms with Gasteiger partial charge in [0.15, 0.2) is 0 Å². The fraction of sp³-hybridized carbons (Fsp3) is 0.0870. The summed E-state index contributed by atoms with van der Waals surface area (Å²) in [5, 5.41) is 1.63. The summed E-state index contributed by atoms with van der Waals surface area (Å²) in [4.78, 5) is 12.5. The van der Waals surface area contributed by atoms with Crippen molar-refractivity contribution in [2.75, 3.05) is 0 Å². The van der Waals surface area contributed by atoms with Crippen molar-refractivity contribution in [1.82, 2.24) is 0 Å². The average molecular weight is 341 g/mol. The lowest BCUT2D eigenvalue weighted by Crippen LogP contribution is -2.31. The topological polar surface area (TPSA) is 52.3 Å². The molecule has 3 heteroatoms. The maximum atomic E-state index is 12.5. The Morgan fingerprint density at radius 3 is 2.27 bits per heavy atom. The first-order chi connectivity index (χ1) is 12.6. The van der Waals surface area contributed by atoms with Crippen LogP contribution in [0.1, 0.15) is 16.7 Å². The minimum atomic E-state index is -0.462. The van der Waals surface area contributed by atoms with Gasteiger partial charge in [0.1, 0.15) is 5.75 Å². The summed E-state index contributed by atoms with van der Waals surface area (Å²) in [5.74, 6) is 0.173. The second-order valence-corrected chi connectivity index (χ2v) is 6.51. The molecule has 0 aromatic heterocycles. The van der Waals surface area contributed by atoms with Gasteiger partial charge >= 0.3 is 0 Å². The van der Waals surface area contributed by atoms with Crippen LogP contribution in [0.15, 0.2) is 60.7 Å². The van der Waals surface area contributed by atoms with Gasteiger partial charge in [0, 0.05) is 10.8 Å². The van der Waals surface area contributed by atoms with E-state index in [-0.39, 0.29) is 0 Å². The van der Waals surface area contributed by atoms with Crippen LogP contribution < -0.4 is 20.9 Å². The Bertz CT molecular complexity index is 1140. The highest BCUT2D eigenvalue weighted by molar-refractivity contribution is 6.21. The second-order valence-electron chi connectivity index (χ2n) is 6.51. The Balaban J connectivity index is 2.18. The molecule has 1 aliphatic heterocycles. The van der Waals surface area contributed by atoms with Crippen molar-refractivity contribution < 1.29 is 9.53 Å². The molecular formula is C23H19NO2. The molecule has 3 nitrogen and oxygen atoms in total. The second kappa shape index (κ2) is 6.19. The molecule has 1 aliphatic rings. The van der Waals surface area contributed by atoms with Crippen molar-refractivity contribution in [3.8, 4) is 16.9 Å². The summed E-state index contributed by atoms with van der Waals surface area (Å²) in [6.45, 7) is 4.15. The largest absolute Gasteiger partial charge is 0.464 e. The standard InChI is InChI=1S/C23H19NO2/c1-14-7-5-8-15(2)20(14)18-11-6-12-19-21(18)22(23(24)25)17-10-4-3-9-16(17)13-26-19/h3-13H,1-2H3,(H2,24,25). The molecule has 128 valence electrons. The van der Waals surface area contributed by atoms with Gasteiger partial charge in [-0.25, -0.2) is 0 Å². The van der Waals surface area contributed by atoms with Gasteiger partial charge in [-0.05, 0) is 47.4 Å². The van der Waals surface area contributed by atoms with Gasteiger partial charge in [0.25, 0.3) is 0 Å². The van der Waals surface area contributed by atoms with Crippen LogP contribution >= 0.6 is 0 Å². The monoisotopic (exact) mass is 341 g/mol. The van der Waals surface area contributed by atoms with Crippen LogP contribution in [-0.4, -0.2) is 5.91 Å². The number of hydrogen-bond donors (Lipinski definition) is 1. The zero-order valence-corrected chi connectivity index (χ0v) is 14.7. The number of hydrogen-bond acceptors (Lipinski definition) is 2. The van der Waals surface area contributed by atoms with E-state index in [2.05, 4.69) is 26.0 Å². The predicted molar refractivity (Wildman–Crippen MR) is 104 cm³/mol. The first kappa shape index (κ1) is 16.2. The van der Waals surface area contributed by atoms with E-state index in [1.54, 1.807) is 6.26 Å². The van der Waals surface area contributed by atoms with Crippen molar-refractivity contribution in [2.45, 2.75) is 13.8 Å². The van der Waals surface area contributed by atoms with Gasteiger partial charge in [-0.15, -0.1) is 0 Å². The van der Waals surface area contributed by atoms with E-state index in [0.717, 1.165) is 38.3 Å². The molecule has 4 rings (SSSR count). The molecule has 0 saturated carbocycles. The maximum Gasteiger partial charge on any atom is 0.250 e. The number of benzene rings is 3. The number of nitrogens with two attached hydrogens (primary N) is 1. The number of primary amides is 1. The Kier molecular flexibility index (Phi) is 3.85. The van der Waals surface area contributed by atoms with Crippen molar-refractivity contribution >= 4 is 17.7 Å². The Morgan fingerprint density at radius 1 is 0.846 bits per heavy atom. The molecule has 2 N–H and O–H groups in total. The third kappa shape index (κ3) is 2.49. The van der Waals surface area contributed by atoms with E-state index in [9.17, 15) is 4.79 Å². The maximum absolute atomic E-state index is 12.5. The molecular weight excluding hydrogens is 322 g/mol. The van der Waals surface area contributed by atoms with Crippen molar-refractivity contribution in [3.63, 3.8) is 0 Å². The number of carbonyl (C=O) groups excluding carboxylic acids is 1. The number of aryl methyl sites for hydroxylation is 2. The van der Waals surface area contributed by atoms with Crippen LogP contribution in [0, 0.1) is 13.8 Å². The van der Waals surface area contributed by atoms with E-state index in [0.29, 0.717) is 11.3 Å². The molecule has 1 amide bonds. The summed E-state index contributed by atoms with van der Waals surface area (Å²) in [5.41, 5.74) is 11.4. The molecule has 0 spiro atoms. The van der Waals surface area contributed by atoms with Gasteiger partial charge in [0.05, 0.1) is 11.8 Å². The molecule has 26 heavy (non-hydrogen) atoms. The summed E-state index contributed by atoms with van der Waals surface area (Å²) in [6.07, 6.45) is 1.68. The quantitative estimate of drug-likeness (QED) is 0.779. The molecule has 0 bridgehead atoms. The number of fused-ring (bicyclic) bond motifs is 2. The zero-order valence-electron chi connectivity index (χ0n) is 14.7. The molecule has 0 radical (unpaired) electrons. The minimum absolute atomic E-state index is 0.462. The smallest absolute Gasteiger partial charge is 0.250 e. The predicted octanol–water partition coefficient (Wildman–Crippen LogP) is 2.79. The minimum Gasteiger partial charge on any atom is -0.464 e. The molecule has 0 unspecified atom stereocenters. The molecule has 0 saturated heterocycles. The van der Waals surface area contributed by atoms with Gasteiger partial charge in [-0.1, -0.05) is 54.6 Å². The van der Waals surface area contributed by atoms with E-state index in [1.165, 1.54) is 0 Å². The number of ether oxygens (including phenoxy) is 1. The first-order valence-electron chi connectivity index (χ1n) is 8.54. The summed E-state index contributed by atoms with van der Waals surface area (Å²) < 4.78 is 5.94. The third-order valence-electron chi connectivity index (χ3n) is 4.82. The summed E-state index contributed by atoms with van der Waals surface area (Å²) in [6, 6.07) is 19.7. The van der Waals surface area contributed by atoms with Gasteiger partial charge in [-0.2, -0.15) is 0 Å². The Hall–Kier alpha value is -3.33. The van der Waals surface area contributed by atoms with Crippen molar-refractivity contribution in [1.29, 1.82) is 0 Å². The van der Waals surface area contributed by atoms with E-state index in [1.807, 2.05) is 48.5 Å². The zero-order chi connectivity index (χ0) is 18.3. The number of rotatable bonds is 2. The van der Waals surface area contributed by atoms with Crippen LogP contribution in [0.25, 0.3) is 23.0 Å². The SMILES string of the molecule is Cc1cccc(C)c1-c1cccc2c1C(C(N)=O)=c1ccccc1=CO2. The average Bonchev–Trinajstić information content (AvgIpc) is 2.79. The lowest BCUT2D eigenvalue weighted by molar-refractivity contribution is -0.112. The van der Waals surface area contributed by atoms with Crippen molar-refractivity contribution in [3.05, 3.63) is 87.8 Å². The first-order valence-corrected chi connectivity index (χ1v) is 8.54. The fourth-order valence-electron chi connectivity index (χ4n) is 3.68. The lowest BCUT2D eigenvalue weighted by Gasteiger charge is -2.17. The highest BCUT2D eigenvalue weighted by atomic mass is 16.5. The Morgan fingerprint density at radius 2 is 1.54 bits per heavy atom. The normalized spacial score (nSPS) is 12.3.